The Morgan fingerprint density at radius 2 is 2.00 bits per heavy atom. The SMILES string of the molecule is CC(=O)O.CC(C)Cn1cnc2c(N)nc3ccccc3c21. The Labute approximate surface area is 128 Å². The molecule has 6 nitrogen and oxygen atoms in total. The van der Waals surface area contributed by atoms with Gasteiger partial charge in [-0.05, 0) is 12.0 Å². The van der Waals surface area contributed by atoms with Crippen molar-refractivity contribution in [1.82, 2.24) is 14.5 Å². The number of hydrogen-bond acceptors (Lipinski definition) is 4. The number of carboxylic acids is 1. The van der Waals surface area contributed by atoms with Crippen molar-refractivity contribution in [2.75, 3.05) is 5.73 Å². The van der Waals surface area contributed by atoms with Gasteiger partial charge in [-0.3, -0.25) is 4.79 Å². The fourth-order valence-corrected chi connectivity index (χ4v) is 2.34. The summed E-state index contributed by atoms with van der Waals surface area (Å²) in [7, 11) is 0. The Hall–Kier alpha value is -2.63. The van der Waals surface area contributed by atoms with Crippen LogP contribution in [0, 0.1) is 5.92 Å². The number of aromatic nitrogens is 3. The van der Waals surface area contributed by atoms with E-state index in [-0.39, 0.29) is 0 Å². The lowest BCUT2D eigenvalue weighted by Gasteiger charge is -2.09. The van der Waals surface area contributed by atoms with Gasteiger partial charge in [0.25, 0.3) is 5.97 Å². The van der Waals surface area contributed by atoms with Crippen molar-refractivity contribution < 1.29 is 9.90 Å². The van der Waals surface area contributed by atoms with Gasteiger partial charge in [-0.15, -0.1) is 0 Å². The number of fused-ring (bicyclic) bond motifs is 3. The summed E-state index contributed by atoms with van der Waals surface area (Å²) in [4.78, 5) is 17.8. The van der Waals surface area contributed by atoms with E-state index < -0.39 is 5.97 Å². The highest BCUT2D eigenvalue weighted by Gasteiger charge is 2.12. The number of rotatable bonds is 2. The van der Waals surface area contributed by atoms with Gasteiger partial charge in [0.2, 0.25) is 0 Å². The van der Waals surface area contributed by atoms with Crippen molar-refractivity contribution >= 4 is 33.7 Å². The van der Waals surface area contributed by atoms with Crippen molar-refractivity contribution in [3.63, 3.8) is 0 Å². The molecule has 0 aliphatic carbocycles. The smallest absolute Gasteiger partial charge is 0.300 e. The number of pyridine rings is 1. The Kier molecular flexibility index (Phi) is 4.60. The van der Waals surface area contributed by atoms with E-state index in [0.717, 1.165) is 35.4 Å². The molecule has 0 amide bonds. The van der Waals surface area contributed by atoms with Crippen molar-refractivity contribution in [3.05, 3.63) is 30.6 Å². The summed E-state index contributed by atoms with van der Waals surface area (Å²) in [5.41, 5.74) is 8.79. The second-order valence-corrected chi connectivity index (χ2v) is 5.52. The third kappa shape index (κ3) is 3.33. The molecule has 0 fully saturated rings. The van der Waals surface area contributed by atoms with Crippen LogP contribution in [0.1, 0.15) is 20.8 Å². The molecule has 0 radical (unpaired) electrons. The van der Waals surface area contributed by atoms with E-state index in [4.69, 9.17) is 15.6 Å². The predicted molar refractivity (Wildman–Crippen MR) is 87.6 cm³/mol. The van der Waals surface area contributed by atoms with Gasteiger partial charge in [-0.2, -0.15) is 0 Å². The number of hydrogen-bond donors (Lipinski definition) is 2. The van der Waals surface area contributed by atoms with Gasteiger partial charge in [-0.1, -0.05) is 32.0 Å². The van der Waals surface area contributed by atoms with Crippen molar-refractivity contribution in [1.29, 1.82) is 0 Å². The van der Waals surface area contributed by atoms with Crippen LogP contribution in [0.25, 0.3) is 21.9 Å². The Balaban J connectivity index is 0.000000396. The van der Waals surface area contributed by atoms with Crippen molar-refractivity contribution in [2.45, 2.75) is 27.3 Å². The molecule has 0 spiro atoms. The molecule has 3 N–H and O–H groups in total. The quantitative estimate of drug-likeness (QED) is 0.759. The molecule has 0 saturated carbocycles. The lowest BCUT2D eigenvalue weighted by Crippen LogP contribution is -2.03. The van der Waals surface area contributed by atoms with Gasteiger partial charge in [0.15, 0.2) is 5.82 Å². The van der Waals surface area contributed by atoms with E-state index in [0.29, 0.717) is 11.7 Å². The average Bonchev–Trinajstić information content (AvgIpc) is 2.82. The van der Waals surface area contributed by atoms with Gasteiger partial charge < -0.3 is 15.4 Å². The molecule has 0 aliphatic heterocycles. The lowest BCUT2D eigenvalue weighted by atomic mass is 10.1. The van der Waals surface area contributed by atoms with Crippen molar-refractivity contribution in [3.8, 4) is 0 Å². The maximum Gasteiger partial charge on any atom is 0.300 e. The summed E-state index contributed by atoms with van der Waals surface area (Å²) in [6.45, 7) is 6.40. The van der Waals surface area contributed by atoms with E-state index in [1.165, 1.54) is 0 Å². The number of benzene rings is 1. The monoisotopic (exact) mass is 300 g/mol. The molecule has 1 aromatic carbocycles. The van der Waals surface area contributed by atoms with Crippen LogP contribution < -0.4 is 5.73 Å². The molecular formula is C16H20N4O2. The van der Waals surface area contributed by atoms with Crippen LogP contribution in [0.5, 0.6) is 0 Å². The van der Waals surface area contributed by atoms with Crippen LogP contribution in [0.4, 0.5) is 5.82 Å². The van der Waals surface area contributed by atoms with Crippen molar-refractivity contribution in [2.24, 2.45) is 5.92 Å². The van der Waals surface area contributed by atoms with Gasteiger partial charge in [0.05, 0.1) is 17.4 Å². The minimum Gasteiger partial charge on any atom is -0.481 e. The van der Waals surface area contributed by atoms with Crippen LogP contribution in [0.2, 0.25) is 0 Å². The molecule has 22 heavy (non-hydrogen) atoms. The minimum atomic E-state index is -0.833. The molecule has 3 rings (SSSR count). The summed E-state index contributed by atoms with van der Waals surface area (Å²) in [5.74, 6) is 0.238. The largest absolute Gasteiger partial charge is 0.481 e. The second kappa shape index (κ2) is 6.43. The highest BCUT2D eigenvalue weighted by Crippen LogP contribution is 2.27. The zero-order valence-corrected chi connectivity index (χ0v) is 12.9. The highest BCUT2D eigenvalue weighted by molar-refractivity contribution is 6.06. The molecule has 116 valence electrons. The number of nitrogen functional groups attached to an aromatic ring is 1. The first-order chi connectivity index (χ1) is 10.4. The molecule has 3 aromatic rings. The summed E-state index contributed by atoms with van der Waals surface area (Å²) >= 11 is 0. The fraction of sp³-hybridized carbons (Fsp3) is 0.312. The molecule has 0 bridgehead atoms. The normalized spacial score (nSPS) is 10.7. The molecule has 0 saturated heterocycles. The highest BCUT2D eigenvalue weighted by atomic mass is 16.4. The zero-order chi connectivity index (χ0) is 16.3. The zero-order valence-electron chi connectivity index (χ0n) is 12.9. The first-order valence-electron chi connectivity index (χ1n) is 7.08. The number of carbonyl (C=O) groups is 1. The first-order valence-corrected chi connectivity index (χ1v) is 7.08. The Bertz CT molecular complexity index is 804. The maximum absolute atomic E-state index is 9.00. The number of nitrogens with zero attached hydrogens (tertiary/aromatic N) is 3. The lowest BCUT2D eigenvalue weighted by molar-refractivity contribution is -0.134. The number of para-hydroxylation sites is 1. The second-order valence-electron chi connectivity index (χ2n) is 5.52. The van der Waals surface area contributed by atoms with Gasteiger partial charge in [-0.25, -0.2) is 9.97 Å². The number of anilines is 1. The Morgan fingerprint density at radius 3 is 2.64 bits per heavy atom. The number of carboxylic acid groups (broad SMARTS) is 1. The van der Waals surface area contributed by atoms with Gasteiger partial charge >= 0.3 is 0 Å². The van der Waals surface area contributed by atoms with Crippen LogP contribution in [0.15, 0.2) is 30.6 Å². The molecule has 2 aromatic heterocycles. The first kappa shape index (κ1) is 15.8. The van der Waals surface area contributed by atoms with E-state index in [1.807, 2.05) is 24.5 Å². The van der Waals surface area contributed by atoms with Gasteiger partial charge in [0.1, 0.15) is 5.52 Å². The van der Waals surface area contributed by atoms with E-state index >= 15 is 0 Å². The van der Waals surface area contributed by atoms with E-state index in [2.05, 4.69) is 34.4 Å². The topological polar surface area (TPSA) is 94.0 Å². The summed E-state index contributed by atoms with van der Waals surface area (Å²) in [5, 5.41) is 8.53. The van der Waals surface area contributed by atoms with Gasteiger partial charge in [0, 0.05) is 18.9 Å². The fourth-order valence-electron chi connectivity index (χ4n) is 2.34. The summed E-state index contributed by atoms with van der Waals surface area (Å²) < 4.78 is 2.17. The average molecular weight is 300 g/mol. The van der Waals surface area contributed by atoms with E-state index in [9.17, 15) is 0 Å². The number of aliphatic carboxylic acids is 1. The Morgan fingerprint density at radius 1 is 1.36 bits per heavy atom. The molecular weight excluding hydrogens is 280 g/mol. The van der Waals surface area contributed by atoms with Crippen LogP contribution in [0.3, 0.4) is 0 Å². The van der Waals surface area contributed by atoms with Crippen LogP contribution in [-0.2, 0) is 11.3 Å². The summed E-state index contributed by atoms with van der Waals surface area (Å²) in [6.07, 6.45) is 1.86. The molecule has 0 atom stereocenters. The third-order valence-electron chi connectivity index (χ3n) is 3.04. The number of imidazole rings is 1. The maximum atomic E-state index is 9.00. The molecule has 0 aliphatic rings. The third-order valence-corrected chi connectivity index (χ3v) is 3.04. The molecule has 0 unspecified atom stereocenters. The predicted octanol–water partition coefficient (Wildman–Crippen LogP) is 2.91. The standard InChI is InChI=1S/C14H16N4.C2H4O2/c1-9(2)7-18-8-16-12-13(18)10-5-3-4-6-11(10)17-14(12)15;1-2(3)4/h3-6,8-9H,7H2,1-2H3,(H2,15,17);1H3,(H,3,4). The van der Waals surface area contributed by atoms with E-state index in [1.54, 1.807) is 0 Å². The van der Waals surface area contributed by atoms with Crippen LogP contribution in [-0.4, -0.2) is 25.6 Å². The molecule has 6 heteroatoms. The molecule has 2 heterocycles. The summed E-state index contributed by atoms with van der Waals surface area (Å²) in [6, 6.07) is 8.05. The van der Waals surface area contributed by atoms with Crippen LogP contribution >= 0.6 is 0 Å². The minimum absolute atomic E-state index is 0.506. The number of nitrogens with two attached hydrogens (primary N) is 1.